The molecule has 2 unspecified atom stereocenters. The molecule has 11 heteroatoms. The number of aromatic hydroxyl groups is 1. The first-order valence-electron chi connectivity index (χ1n) is 15.0. The van der Waals surface area contributed by atoms with Crippen molar-refractivity contribution < 1.29 is 27.8 Å². The molecule has 4 saturated heterocycles. The van der Waals surface area contributed by atoms with Crippen molar-refractivity contribution in [1.82, 2.24) is 19.9 Å². The summed E-state index contributed by atoms with van der Waals surface area (Å²) in [5, 5.41) is 12.0. The quantitative estimate of drug-likeness (QED) is 0.329. The van der Waals surface area contributed by atoms with E-state index in [0.717, 1.165) is 19.4 Å². The van der Waals surface area contributed by atoms with Crippen LogP contribution in [0.1, 0.15) is 31.7 Å². The summed E-state index contributed by atoms with van der Waals surface area (Å²) in [5.41, 5.74) is 0.252. The lowest BCUT2D eigenvalue weighted by molar-refractivity contribution is 0.107. The molecule has 4 atom stereocenters. The number of aryl methyl sites for hydroxylation is 1. The number of aromatic nitrogens is 3. The molecule has 6 heterocycles. The monoisotopic (exact) mass is 591 g/mol. The molecule has 0 saturated carbocycles. The molecule has 2 aromatic carbocycles. The lowest BCUT2D eigenvalue weighted by Crippen LogP contribution is -2.56. The average Bonchev–Trinajstić information content (AvgIpc) is 3.63. The fraction of sp³-hybridized carbons (Fsp3) is 0.469. The predicted molar refractivity (Wildman–Crippen MR) is 155 cm³/mol. The van der Waals surface area contributed by atoms with Crippen LogP contribution in [0.25, 0.3) is 32.9 Å². The van der Waals surface area contributed by atoms with E-state index < -0.39 is 23.3 Å². The third kappa shape index (κ3) is 4.15. The van der Waals surface area contributed by atoms with Crippen molar-refractivity contribution in [2.24, 2.45) is 5.92 Å². The normalized spacial score (nSPS) is 26.7. The number of hydrogen-bond acceptors (Lipinski definition) is 8. The smallest absolute Gasteiger partial charge is 0.319 e. The maximum Gasteiger partial charge on any atom is 0.319 e. The van der Waals surface area contributed by atoms with E-state index in [9.17, 15) is 13.9 Å². The van der Waals surface area contributed by atoms with Gasteiger partial charge in [-0.05, 0) is 60.3 Å². The topological polar surface area (TPSA) is 83.8 Å². The average molecular weight is 592 g/mol. The summed E-state index contributed by atoms with van der Waals surface area (Å²) >= 11 is 0. The second-order valence-electron chi connectivity index (χ2n) is 12.4. The van der Waals surface area contributed by atoms with Gasteiger partial charge in [-0.3, -0.25) is 9.88 Å². The van der Waals surface area contributed by atoms with E-state index in [1.165, 1.54) is 18.2 Å². The minimum atomic E-state index is -0.904. The Balaban J connectivity index is 1.27. The minimum absolute atomic E-state index is 0.0190. The number of phenols is 1. The number of anilines is 1. The summed E-state index contributed by atoms with van der Waals surface area (Å²) in [6.07, 6.45) is 3.20. The lowest BCUT2D eigenvalue weighted by Gasteiger charge is -2.44. The van der Waals surface area contributed by atoms with Crippen LogP contribution in [0, 0.1) is 17.6 Å². The van der Waals surface area contributed by atoms with E-state index in [-0.39, 0.29) is 41.2 Å². The highest BCUT2D eigenvalue weighted by atomic mass is 19.1. The Hall–Kier alpha value is -3.70. The van der Waals surface area contributed by atoms with Crippen LogP contribution in [0.4, 0.5) is 19.0 Å². The van der Waals surface area contributed by atoms with Gasteiger partial charge in [-0.15, -0.1) is 0 Å². The van der Waals surface area contributed by atoms with Crippen molar-refractivity contribution in [3.63, 3.8) is 0 Å². The molecule has 4 aromatic rings. The summed E-state index contributed by atoms with van der Waals surface area (Å²) < 4.78 is 57.9. The molecule has 1 N–H and O–H groups in total. The molecular weight excluding hydrogens is 559 g/mol. The first-order chi connectivity index (χ1) is 20.8. The van der Waals surface area contributed by atoms with E-state index >= 15 is 4.39 Å². The maximum atomic E-state index is 16.7. The molecule has 0 bridgehead atoms. The second-order valence-corrected chi connectivity index (χ2v) is 12.4. The number of alkyl halides is 1. The van der Waals surface area contributed by atoms with E-state index in [1.54, 1.807) is 12.3 Å². The summed E-state index contributed by atoms with van der Waals surface area (Å²) in [4.78, 5) is 18.0. The van der Waals surface area contributed by atoms with E-state index in [2.05, 4.69) is 19.8 Å². The van der Waals surface area contributed by atoms with E-state index in [0.29, 0.717) is 72.6 Å². The van der Waals surface area contributed by atoms with Crippen molar-refractivity contribution in [2.75, 3.05) is 44.4 Å². The zero-order chi connectivity index (χ0) is 29.5. The van der Waals surface area contributed by atoms with Gasteiger partial charge >= 0.3 is 6.01 Å². The van der Waals surface area contributed by atoms with Crippen LogP contribution >= 0.6 is 0 Å². The van der Waals surface area contributed by atoms with Gasteiger partial charge < -0.3 is 19.5 Å². The van der Waals surface area contributed by atoms with Crippen molar-refractivity contribution in [3.8, 4) is 23.0 Å². The summed E-state index contributed by atoms with van der Waals surface area (Å²) in [6, 6.07) is 6.00. The highest BCUT2D eigenvalue weighted by Crippen LogP contribution is 2.43. The molecule has 0 aliphatic carbocycles. The molecule has 0 radical (unpaired) electrons. The largest absolute Gasteiger partial charge is 0.508 e. The Bertz CT molecular complexity index is 1770. The number of ether oxygens (including phenoxy) is 2. The molecule has 2 aromatic heterocycles. The van der Waals surface area contributed by atoms with Crippen LogP contribution in [-0.2, 0) is 11.2 Å². The van der Waals surface area contributed by atoms with Gasteiger partial charge in [0.1, 0.15) is 41.4 Å². The fourth-order valence-electron chi connectivity index (χ4n) is 7.77. The van der Waals surface area contributed by atoms with Gasteiger partial charge in [0.2, 0.25) is 0 Å². The van der Waals surface area contributed by atoms with Crippen molar-refractivity contribution >= 4 is 27.5 Å². The summed E-state index contributed by atoms with van der Waals surface area (Å²) in [7, 11) is 0. The summed E-state index contributed by atoms with van der Waals surface area (Å²) in [5.74, 6) is -0.313. The van der Waals surface area contributed by atoms with E-state index in [4.69, 9.17) is 14.5 Å². The third-order valence-corrected chi connectivity index (χ3v) is 9.90. The van der Waals surface area contributed by atoms with E-state index in [1.807, 2.05) is 6.92 Å². The predicted octanol–water partition coefficient (Wildman–Crippen LogP) is 5.18. The van der Waals surface area contributed by atoms with Crippen molar-refractivity contribution in [3.05, 3.63) is 47.7 Å². The first-order valence-corrected chi connectivity index (χ1v) is 15.0. The Kier molecular flexibility index (Phi) is 6.20. The van der Waals surface area contributed by atoms with Gasteiger partial charge in [-0.2, -0.15) is 9.97 Å². The third-order valence-electron chi connectivity index (χ3n) is 9.90. The molecular formula is C32H32F3N5O3. The molecule has 224 valence electrons. The Morgan fingerprint density at radius 2 is 2.05 bits per heavy atom. The molecule has 0 amide bonds. The molecule has 8 rings (SSSR count). The molecule has 4 aliphatic rings. The van der Waals surface area contributed by atoms with Crippen LogP contribution in [-0.4, -0.2) is 82.2 Å². The van der Waals surface area contributed by atoms with Crippen LogP contribution in [0.3, 0.4) is 0 Å². The van der Waals surface area contributed by atoms with Crippen molar-refractivity contribution in [2.45, 2.75) is 50.4 Å². The number of benzene rings is 2. The number of rotatable bonds is 6. The van der Waals surface area contributed by atoms with Gasteiger partial charge in [0.25, 0.3) is 0 Å². The number of halogens is 3. The Morgan fingerprint density at radius 3 is 2.88 bits per heavy atom. The Labute approximate surface area is 246 Å². The number of pyridine rings is 1. The van der Waals surface area contributed by atoms with Gasteiger partial charge in [-0.1, -0.05) is 13.0 Å². The van der Waals surface area contributed by atoms with Crippen LogP contribution in [0.5, 0.6) is 11.8 Å². The van der Waals surface area contributed by atoms with Gasteiger partial charge in [0.15, 0.2) is 5.82 Å². The first kappa shape index (κ1) is 26.9. The number of phenolic OH excluding ortho intramolecular Hbond substituents is 1. The molecule has 4 fully saturated rings. The SMILES string of the molecule is CCc1c(F)ccc2cc(O)cc(-c3ncc4c(N5CC6COCC65)nc(OC[C@@]56CCCN5C[C@H](F)C6)nc4c3F)c12. The Morgan fingerprint density at radius 1 is 1.16 bits per heavy atom. The van der Waals surface area contributed by atoms with Crippen LogP contribution in [0.2, 0.25) is 0 Å². The van der Waals surface area contributed by atoms with Crippen LogP contribution < -0.4 is 9.64 Å². The number of nitrogens with zero attached hydrogens (tertiary/aromatic N) is 5. The van der Waals surface area contributed by atoms with Gasteiger partial charge in [-0.25, -0.2) is 13.2 Å². The second kappa shape index (κ2) is 9.92. The summed E-state index contributed by atoms with van der Waals surface area (Å²) in [6.45, 7) is 5.19. The molecule has 8 nitrogen and oxygen atoms in total. The van der Waals surface area contributed by atoms with Crippen LogP contribution in [0.15, 0.2) is 30.5 Å². The molecule has 0 spiro atoms. The molecule has 4 aliphatic heterocycles. The zero-order valence-corrected chi connectivity index (χ0v) is 23.8. The highest BCUT2D eigenvalue weighted by Gasteiger charge is 2.50. The highest BCUT2D eigenvalue weighted by molar-refractivity contribution is 6.01. The standard InChI is InChI=1S/C32H32F3N5O3/c1-2-21-24(34)5-4-17-8-20(41)9-22(26(17)21)28-27(35)29-23(11-36-28)30(40-12-18-14-42-15-25(18)40)38-31(37-29)43-16-32-6-3-7-39(32)13-19(33)10-32/h4-5,8-9,11,18-19,25,41H,2-3,6-7,10,12-16H2,1H3/t18?,19-,25?,32+/m1/s1. The fourth-order valence-corrected chi connectivity index (χ4v) is 7.77. The minimum Gasteiger partial charge on any atom is -0.508 e. The number of fused-ring (bicyclic) bond motifs is 4. The molecule has 43 heavy (non-hydrogen) atoms. The van der Waals surface area contributed by atoms with Gasteiger partial charge in [0, 0.05) is 37.2 Å². The zero-order valence-electron chi connectivity index (χ0n) is 23.8. The van der Waals surface area contributed by atoms with Gasteiger partial charge in [0.05, 0.1) is 30.2 Å². The maximum absolute atomic E-state index is 16.7. The number of hydrogen-bond donors (Lipinski definition) is 1. The van der Waals surface area contributed by atoms with Crippen molar-refractivity contribution in [1.29, 1.82) is 0 Å². The lowest BCUT2D eigenvalue weighted by atomic mass is 9.91.